The number of carbonyl (C=O) groups is 2. The predicted molar refractivity (Wildman–Crippen MR) is 134 cm³/mol. The standard InChI is InChI=1S/C29H30FNO6/c1-16-26(29(34)37-19-9-11-36-12-10-19)27(17-7-8-21(30)23(32)14-17)28-22(31-16)13-18(15-24(28)33)20-5-3-4-6-25(20)35-2/h3-8,14,18-19,27,31-32H,9-13,15H2,1-2H3/t18-,27-/m1/s1. The number of nitrogens with one attached hydrogen (secondary N) is 1. The first-order valence-electron chi connectivity index (χ1n) is 12.5. The number of ketones is 1. The predicted octanol–water partition coefficient (Wildman–Crippen LogP) is 4.62. The van der Waals surface area contributed by atoms with Crippen molar-refractivity contribution >= 4 is 11.8 Å². The lowest BCUT2D eigenvalue weighted by Gasteiger charge is -2.37. The number of ether oxygens (including phenoxy) is 3. The number of allylic oxidation sites excluding steroid dienone is 3. The minimum absolute atomic E-state index is 0.110. The quantitative estimate of drug-likeness (QED) is 0.570. The molecule has 2 aromatic carbocycles. The maximum atomic E-state index is 14.0. The van der Waals surface area contributed by atoms with E-state index < -0.39 is 23.5 Å². The van der Waals surface area contributed by atoms with Crippen molar-refractivity contribution in [3.63, 3.8) is 0 Å². The molecule has 7 nitrogen and oxygen atoms in total. The van der Waals surface area contributed by atoms with E-state index in [0.717, 1.165) is 11.6 Å². The summed E-state index contributed by atoms with van der Waals surface area (Å²) in [6.45, 7) is 2.81. The molecular weight excluding hydrogens is 477 g/mol. The summed E-state index contributed by atoms with van der Waals surface area (Å²) < 4.78 is 30.7. The molecule has 0 unspecified atom stereocenters. The number of aromatic hydroxyl groups is 1. The van der Waals surface area contributed by atoms with Crippen LogP contribution in [0, 0.1) is 5.82 Å². The molecule has 8 heteroatoms. The topological polar surface area (TPSA) is 94.1 Å². The van der Waals surface area contributed by atoms with E-state index in [2.05, 4.69) is 5.32 Å². The summed E-state index contributed by atoms with van der Waals surface area (Å²) in [5.41, 5.74) is 3.41. The summed E-state index contributed by atoms with van der Waals surface area (Å²) >= 11 is 0. The number of methoxy groups -OCH3 is 1. The average molecular weight is 508 g/mol. The number of benzene rings is 2. The van der Waals surface area contributed by atoms with Crippen LogP contribution in [0.3, 0.4) is 0 Å². The highest BCUT2D eigenvalue weighted by Crippen LogP contribution is 2.47. The van der Waals surface area contributed by atoms with Crippen molar-refractivity contribution in [1.82, 2.24) is 5.32 Å². The summed E-state index contributed by atoms with van der Waals surface area (Å²) in [7, 11) is 1.60. The van der Waals surface area contributed by atoms with Crippen molar-refractivity contribution in [2.45, 2.75) is 50.5 Å². The summed E-state index contributed by atoms with van der Waals surface area (Å²) in [6, 6.07) is 11.6. The van der Waals surface area contributed by atoms with E-state index in [4.69, 9.17) is 14.2 Å². The van der Waals surface area contributed by atoms with Crippen LogP contribution in [-0.2, 0) is 19.1 Å². The Morgan fingerprint density at radius 2 is 1.89 bits per heavy atom. The van der Waals surface area contributed by atoms with Gasteiger partial charge < -0.3 is 24.6 Å². The van der Waals surface area contributed by atoms with Crippen LogP contribution in [0.15, 0.2) is 65.0 Å². The number of carbonyl (C=O) groups excluding carboxylic acids is 2. The summed E-state index contributed by atoms with van der Waals surface area (Å²) in [6.07, 6.45) is 1.68. The second-order valence-corrected chi connectivity index (χ2v) is 9.69. The van der Waals surface area contributed by atoms with Gasteiger partial charge in [0.2, 0.25) is 0 Å². The van der Waals surface area contributed by atoms with Crippen molar-refractivity contribution in [3.8, 4) is 11.5 Å². The highest BCUT2D eigenvalue weighted by molar-refractivity contribution is 6.04. The van der Waals surface area contributed by atoms with E-state index >= 15 is 0 Å². The van der Waals surface area contributed by atoms with Crippen molar-refractivity contribution in [2.75, 3.05) is 20.3 Å². The van der Waals surface area contributed by atoms with Gasteiger partial charge >= 0.3 is 5.97 Å². The van der Waals surface area contributed by atoms with E-state index in [1.165, 1.54) is 12.1 Å². The highest BCUT2D eigenvalue weighted by Gasteiger charge is 2.42. The maximum Gasteiger partial charge on any atom is 0.337 e. The Bertz CT molecular complexity index is 1290. The summed E-state index contributed by atoms with van der Waals surface area (Å²) in [5.74, 6) is -2.15. The molecule has 1 fully saturated rings. The number of para-hydroxylation sites is 1. The molecule has 1 saturated heterocycles. The Morgan fingerprint density at radius 3 is 2.62 bits per heavy atom. The smallest absolute Gasteiger partial charge is 0.337 e. The first-order valence-corrected chi connectivity index (χ1v) is 12.5. The van der Waals surface area contributed by atoms with Gasteiger partial charge in [-0.2, -0.15) is 0 Å². The molecule has 0 aromatic heterocycles. The second-order valence-electron chi connectivity index (χ2n) is 9.69. The van der Waals surface area contributed by atoms with E-state index in [1.807, 2.05) is 24.3 Å². The number of esters is 1. The van der Waals surface area contributed by atoms with Gasteiger partial charge in [-0.3, -0.25) is 4.79 Å². The Labute approximate surface area is 214 Å². The molecule has 194 valence electrons. The normalized spacial score (nSPS) is 22.4. The molecule has 5 rings (SSSR count). The van der Waals surface area contributed by atoms with Crippen LogP contribution in [0.2, 0.25) is 0 Å². The van der Waals surface area contributed by atoms with Crippen molar-refractivity contribution in [3.05, 3.63) is 81.9 Å². The zero-order valence-corrected chi connectivity index (χ0v) is 20.9. The minimum atomic E-state index is -0.791. The Morgan fingerprint density at radius 1 is 1.14 bits per heavy atom. The van der Waals surface area contributed by atoms with Gasteiger partial charge in [0.25, 0.3) is 0 Å². The SMILES string of the molecule is COc1ccccc1[C@H]1CC(=O)C2=C(C1)NC(C)=C(C(=O)OC1CCOCC1)[C@H]2c1ccc(F)c(O)c1. The maximum absolute atomic E-state index is 14.0. The Hall–Kier alpha value is -3.65. The Kier molecular flexibility index (Phi) is 7.02. The Balaban J connectivity index is 1.55. The fraction of sp³-hybridized carbons (Fsp3) is 0.379. The van der Waals surface area contributed by atoms with Crippen LogP contribution in [0.25, 0.3) is 0 Å². The van der Waals surface area contributed by atoms with Crippen molar-refractivity contribution < 1.29 is 33.3 Å². The molecule has 2 N–H and O–H groups in total. The van der Waals surface area contributed by atoms with E-state index in [1.54, 1.807) is 14.0 Å². The molecule has 3 aliphatic rings. The number of rotatable bonds is 5. The summed E-state index contributed by atoms with van der Waals surface area (Å²) in [5, 5.41) is 13.5. The molecule has 1 aliphatic carbocycles. The van der Waals surface area contributed by atoms with Gasteiger partial charge in [-0.25, -0.2) is 9.18 Å². The lowest BCUT2D eigenvalue weighted by Crippen LogP contribution is -2.37. The van der Waals surface area contributed by atoms with Crippen molar-refractivity contribution in [2.24, 2.45) is 0 Å². The summed E-state index contributed by atoms with van der Waals surface area (Å²) in [4.78, 5) is 27.3. The van der Waals surface area contributed by atoms with Crippen LogP contribution >= 0.6 is 0 Å². The van der Waals surface area contributed by atoms with E-state index in [0.29, 0.717) is 66.3 Å². The molecule has 0 spiro atoms. The van der Waals surface area contributed by atoms with Crippen molar-refractivity contribution in [1.29, 1.82) is 0 Å². The first-order chi connectivity index (χ1) is 17.9. The van der Waals surface area contributed by atoms with Crippen LogP contribution < -0.4 is 10.1 Å². The lowest BCUT2D eigenvalue weighted by atomic mass is 9.71. The number of hydrogen-bond donors (Lipinski definition) is 2. The average Bonchev–Trinajstić information content (AvgIpc) is 2.89. The minimum Gasteiger partial charge on any atom is -0.505 e. The molecule has 0 saturated carbocycles. The molecule has 0 radical (unpaired) electrons. The van der Waals surface area contributed by atoms with E-state index in [9.17, 15) is 19.1 Å². The number of dihydropyridines is 1. The van der Waals surface area contributed by atoms with Gasteiger partial charge in [0.05, 0.1) is 25.9 Å². The third-order valence-corrected chi connectivity index (χ3v) is 7.37. The third kappa shape index (κ3) is 4.85. The number of halogens is 1. The van der Waals surface area contributed by atoms with Gasteiger partial charge in [-0.15, -0.1) is 0 Å². The molecule has 37 heavy (non-hydrogen) atoms. The van der Waals surface area contributed by atoms with Crippen LogP contribution in [0.5, 0.6) is 11.5 Å². The lowest BCUT2D eigenvalue weighted by molar-refractivity contribution is -0.148. The molecule has 2 aliphatic heterocycles. The molecular formula is C29H30FNO6. The fourth-order valence-corrected chi connectivity index (χ4v) is 5.58. The molecule has 2 aromatic rings. The number of Topliss-reactive ketones (excluding diaryl/α,β-unsaturated/α-hetero) is 1. The monoisotopic (exact) mass is 507 g/mol. The second kappa shape index (κ2) is 10.4. The van der Waals surface area contributed by atoms with Gasteiger partial charge in [-0.1, -0.05) is 24.3 Å². The van der Waals surface area contributed by atoms with Gasteiger partial charge in [0.1, 0.15) is 11.9 Å². The number of hydrogen-bond acceptors (Lipinski definition) is 7. The molecule has 2 atom stereocenters. The van der Waals surface area contributed by atoms with Crippen LogP contribution in [0.4, 0.5) is 4.39 Å². The van der Waals surface area contributed by atoms with Gasteiger partial charge in [-0.05, 0) is 42.7 Å². The van der Waals surface area contributed by atoms with E-state index in [-0.39, 0.29) is 24.2 Å². The van der Waals surface area contributed by atoms with Gasteiger partial charge in [0, 0.05) is 48.1 Å². The molecule has 2 heterocycles. The molecule has 0 amide bonds. The van der Waals surface area contributed by atoms with Crippen LogP contribution in [0.1, 0.15) is 55.6 Å². The third-order valence-electron chi connectivity index (χ3n) is 7.37. The van der Waals surface area contributed by atoms with Gasteiger partial charge in [0.15, 0.2) is 17.3 Å². The fourth-order valence-electron chi connectivity index (χ4n) is 5.58. The van der Waals surface area contributed by atoms with Crippen LogP contribution in [-0.4, -0.2) is 43.3 Å². The molecule has 0 bridgehead atoms. The highest BCUT2D eigenvalue weighted by atomic mass is 19.1. The number of phenolic OH excluding ortho intramolecular Hbond substituents is 1. The zero-order valence-electron chi connectivity index (χ0n) is 20.9. The first kappa shape index (κ1) is 25.0. The largest absolute Gasteiger partial charge is 0.505 e. The number of phenols is 1. The zero-order chi connectivity index (χ0) is 26.1.